The predicted molar refractivity (Wildman–Crippen MR) is 123 cm³/mol. The van der Waals surface area contributed by atoms with Gasteiger partial charge in [-0.3, -0.25) is 14.3 Å². The maximum absolute atomic E-state index is 11.2. The second-order valence-electron chi connectivity index (χ2n) is 8.23. The first-order chi connectivity index (χ1) is 16.2. The maximum atomic E-state index is 11.2. The molecule has 2 aromatic heterocycles. The van der Waals surface area contributed by atoms with Crippen LogP contribution in [-0.2, 0) is 16.1 Å². The molecule has 4 rings (SSSR count). The van der Waals surface area contributed by atoms with Crippen LogP contribution >= 0.6 is 11.6 Å². The van der Waals surface area contributed by atoms with Crippen molar-refractivity contribution in [3.63, 3.8) is 0 Å². The van der Waals surface area contributed by atoms with Crippen molar-refractivity contribution < 1.29 is 24.9 Å². The van der Waals surface area contributed by atoms with Gasteiger partial charge in [0.05, 0.1) is 6.33 Å². The normalized spacial score (nSPS) is 23.6. The summed E-state index contributed by atoms with van der Waals surface area (Å²) in [5, 5.41) is 31.2. The Morgan fingerprint density at radius 2 is 2.06 bits per heavy atom. The van der Waals surface area contributed by atoms with Crippen molar-refractivity contribution in [3.05, 3.63) is 47.5 Å². The number of imidazole rings is 1. The number of aliphatic carboxylic acids is 1. The summed E-state index contributed by atoms with van der Waals surface area (Å²) in [6.45, 7) is 0.945. The summed E-state index contributed by atoms with van der Waals surface area (Å²) in [7, 11) is 0. The quantitative estimate of drug-likeness (QED) is 0.271. The first-order valence-corrected chi connectivity index (χ1v) is 11.0. The number of carboxylic acids is 1. The van der Waals surface area contributed by atoms with Crippen molar-refractivity contribution in [2.45, 2.75) is 43.5 Å². The van der Waals surface area contributed by atoms with Gasteiger partial charge in [0.25, 0.3) is 0 Å². The zero-order chi connectivity index (χ0) is 24.4. The third-order valence-electron chi connectivity index (χ3n) is 5.81. The molecule has 0 spiro atoms. The smallest absolute Gasteiger partial charge is 0.320 e. The third kappa shape index (κ3) is 5.12. The lowest BCUT2D eigenvalue weighted by Crippen LogP contribution is -2.42. The molecule has 1 saturated heterocycles. The Morgan fingerprint density at radius 1 is 1.26 bits per heavy atom. The van der Waals surface area contributed by atoms with E-state index >= 15 is 0 Å². The second kappa shape index (κ2) is 10.2. The monoisotopic (exact) mass is 491 g/mol. The number of ether oxygens (including phenoxy) is 1. The highest BCUT2D eigenvalue weighted by atomic mass is 35.5. The highest BCUT2D eigenvalue weighted by molar-refractivity contribution is 6.30. The number of halogens is 1. The van der Waals surface area contributed by atoms with Crippen molar-refractivity contribution in [1.29, 1.82) is 0 Å². The number of nitrogen functional groups attached to an aromatic ring is 1. The topological polar surface area (TPSA) is 186 Å². The van der Waals surface area contributed by atoms with Crippen LogP contribution in [-0.4, -0.2) is 83.2 Å². The van der Waals surface area contributed by atoms with Crippen molar-refractivity contribution >= 4 is 34.6 Å². The summed E-state index contributed by atoms with van der Waals surface area (Å²) in [4.78, 5) is 25.3. The second-order valence-corrected chi connectivity index (χ2v) is 8.66. The summed E-state index contributed by atoms with van der Waals surface area (Å²) < 4.78 is 7.53. The van der Waals surface area contributed by atoms with Gasteiger partial charge in [0, 0.05) is 24.7 Å². The van der Waals surface area contributed by atoms with E-state index in [0.29, 0.717) is 29.3 Å². The van der Waals surface area contributed by atoms with E-state index in [2.05, 4.69) is 15.0 Å². The molecule has 3 aromatic rings. The van der Waals surface area contributed by atoms with Crippen LogP contribution in [0.15, 0.2) is 36.9 Å². The van der Waals surface area contributed by atoms with Gasteiger partial charge in [-0.2, -0.15) is 0 Å². The number of aliphatic hydroxyl groups excluding tert-OH is 2. The zero-order valence-electron chi connectivity index (χ0n) is 18.1. The van der Waals surface area contributed by atoms with E-state index < -0.39 is 36.6 Å². The number of rotatable bonds is 9. The van der Waals surface area contributed by atoms with Crippen LogP contribution in [0.25, 0.3) is 11.2 Å². The van der Waals surface area contributed by atoms with Crippen LogP contribution in [0.3, 0.4) is 0 Å². The van der Waals surface area contributed by atoms with Crippen LogP contribution in [0.1, 0.15) is 18.2 Å². The van der Waals surface area contributed by atoms with Crippen LogP contribution < -0.4 is 11.5 Å². The van der Waals surface area contributed by atoms with E-state index in [0.717, 1.165) is 5.56 Å². The largest absolute Gasteiger partial charge is 0.480 e. The fourth-order valence-electron chi connectivity index (χ4n) is 3.99. The number of hydrogen-bond acceptors (Lipinski definition) is 10. The van der Waals surface area contributed by atoms with E-state index in [1.54, 1.807) is 12.1 Å². The van der Waals surface area contributed by atoms with Gasteiger partial charge in [-0.25, -0.2) is 15.0 Å². The molecular formula is C21H26ClN7O5. The SMILES string of the molecule is Nc1ncnc2c1ncn2[C@@H]1O[C@H](CN(CC[C@H](N)C(=O)O)Cc2cccc(Cl)c2)[C@@H](O)[C@H]1O. The average molecular weight is 492 g/mol. The molecule has 0 aliphatic carbocycles. The molecule has 182 valence electrons. The average Bonchev–Trinajstić information content (AvgIpc) is 3.34. The molecule has 1 aliphatic rings. The standard InChI is InChI=1S/C21H26ClN7O5/c22-12-3-1-2-11(6-12)7-28(5-4-13(23)21(32)33)8-14-16(30)17(31)20(34-14)29-10-27-15-18(24)25-9-26-19(15)29/h1-3,6,9-10,13-14,16-17,20,30-31H,4-5,7-8,23H2,(H,32,33)(H2,24,25,26)/t13-,14+,16+,17+,20+/m0/s1. The van der Waals surface area contributed by atoms with Crippen molar-refractivity contribution in [1.82, 2.24) is 24.4 Å². The molecule has 1 fully saturated rings. The van der Waals surface area contributed by atoms with Gasteiger partial charge in [0.15, 0.2) is 17.7 Å². The van der Waals surface area contributed by atoms with E-state index in [1.165, 1.54) is 17.2 Å². The Kier molecular flexibility index (Phi) is 7.26. The number of aromatic nitrogens is 4. The van der Waals surface area contributed by atoms with Gasteiger partial charge >= 0.3 is 5.97 Å². The number of carbonyl (C=O) groups is 1. The number of benzene rings is 1. The minimum Gasteiger partial charge on any atom is -0.480 e. The summed E-state index contributed by atoms with van der Waals surface area (Å²) in [6, 6.07) is 6.24. The van der Waals surface area contributed by atoms with Gasteiger partial charge in [-0.15, -0.1) is 0 Å². The molecule has 13 heteroatoms. The molecule has 5 atom stereocenters. The fourth-order valence-corrected chi connectivity index (χ4v) is 4.21. The first-order valence-electron chi connectivity index (χ1n) is 10.6. The first kappa shape index (κ1) is 24.3. The summed E-state index contributed by atoms with van der Waals surface area (Å²) in [6.07, 6.45) is -1.31. The van der Waals surface area contributed by atoms with E-state index in [9.17, 15) is 15.0 Å². The Morgan fingerprint density at radius 3 is 2.79 bits per heavy atom. The minimum absolute atomic E-state index is 0.188. The molecular weight excluding hydrogens is 466 g/mol. The van der Waals surface area contributed by atoms with E-state index in [1.807, 2.05) is 17.0 Å². The van der Waals surface area contributed by atoms with Crippen LogP contribution in [0.2, 0.25) is 5.02 Å². The highest BCUT2D eigenvalue weighted by Crippen LogP contribution is 2.32. The van der Waals surface area contributed by atoms with Crippen molar-refractivity contribution in [2.24, 2.45) is 5.73 Å². The molecule has 0 saturated carbocycles. The maximum Gasteiger partial charge on any atom is 0.320 e. The molecule has 0 radical (unpaired) electrons. The zero-order valence-corrected chi connectivity index (χ0v) is 18.9. The summed E-state index contributed by atoms with van der Waals surface area (Å²) in [5.74, 6) is -0.903. The summed E-state index contributed by atoms with van der Waals surface area (Å²) >= 11 is 6.10. The molecule has 0 bridgehead atoms. The van der Waals surface area contributed by atoms with Gasteiger partial charge < -0.3 is 31.5 Å². The van der Waals surface area contributed by atoms with Crippen molar-refractivity contribution in [3.8, 4) is 0 Å². The van der Waals surface area contributed by atoms with Crippen LogP contribution in [0, 0.1) is 0 Å². The number of anilines is 1. The molecule has 0 amide bonds. The number of fused-ring (bicyclic) bond motifs is 1. The van der Waals surface area contributed by atoms with Crippen LogP contribution in [0.4, 0.5) is 5.82 Å². The van der Waals surface area contributed by atoms with Gasteiger partial charge in [-0.1, -0.05) is 23.7 Å². The number of hydrogen-bond donors (Lipinski definition) is 5. The predicted octanol–water partition coefficient (Wildman–Crippen LogP) is -0.0147. The summed E-state index contributed by atoms with van der Waals surface area (Å²) in [5.41, 5.74) is 13.2. The third-order valence-corrected chi connectivity index (χ3v) is 6.04. The van der Waals surface area contributed by atoms with Gasteiger partial charge in [-0.05, 0) is 24.1 Å². The molecule has 1 aliphatic heterocycles. The number of nitrogens with two attached hydrogens (primary N) is 2. The molecule has 1 aromatic carbocycles. The Labute approximate surface area is 199 Å². The number of carboxylic acid groups (broad SMARTS) is 1. The van der Waals surface area contributed by atoms with E-state index in [-0.39, 0.29) is 18.8 Å². The minimum atomic E-state index is -1.26. The lowest BCUT2D eigenvalue weighted by molar-refractivity contribution is -0.138. The molecule has 7 N–H and O–H groups in total. The Hall–Kier alpha value is -2.87. The molecule has 12 nitrogen and oxygen atoms in total. The molecule has 3 heterocycles. The lowest BCUT2D eigenvalue weighted by Gasteiger charge is -2.27. The van der Waals surface area contributed by atoms with E-state index in [4.69, 9.17) is 32.9 Å². The number of aliphatic hydroxyl groups is 2. The number of nitrogens with zero attached hydrogens (tertiary/aromatic N) is 5. The molecule has 34 heavy (non-hydrogen) atoms. The fraction of sp³-hybridized carbons (Fsp3) is 0.429. The van der Waals surface area contributed by atoms with Crippen LogP contribution in [0.5, 0.6) is 0 Å². The lowest BCUT2D eigenvalue weighted by atomic mass is 10.1. The Balaban J connectivity index is 1.52. The Bertz CT molecular complexity index is 1160. The van der Waals surface area contributed by atoms with Gasteiger partial charge in [0.1, 0.15) is 36.2 Å². The van der Waals surface area contributed by atoms with Crippen molar-refractivity contribution in [2.75, 3.05) is 18.8 Å². The molecule has 0 unspecified atom stereocenters. The van der Waals surface area contributed by atoms with Gasteiger partial charge in [0.2, 0.25) is 0 Å². The highest BCUT2D eigenvalue weighted by Gasteiger charge is 2.44.